The summed E-state index contributed by atoms with van der Waals surface area (Å²) >= 11 is 0. The van der Waals surface area contributed by atoms with Crippen LogP contribution in [0.1, 0.15) is 6.42 Å². The fourth-order valence-corrected chi connectivity index (χ4v) is 0.837. The number of nitrogens with zero attached hydrogens (tertiary/aromatic N) is 1. The standard InChI is InChI=1S/C4H10N4O.C4H7NO2/c5-4(9)7-8-3-1-2-6-8;1-3(2-6)4(5)7/h6H,1-3H2,(H3,5,7,9);6H,1-2H2,(H2,5,7). The van der Waals surface area contributed by atoms with Crippen molar-refractivity contribution in [2.24, 2.45) is 11.5 Å². The molecule has 0 aromatic rings. The Bertz CT molecular complexity index is 262. The third kappa shape index (κ3) is 6.76. The smallest absolute Gasteiger partial charge is 0.327 e. The monoisotopic (exact) mass is 231 g/mol. The van der Waals surface area contributed by atoms with Gasteiger partial charge in [0.25, 0.3) is 0 Å². The molecule has 1 fully saturated rings. The zero-order valence-electron chi connectivity index (χ0n) is 8.90. The number of carbonyl (C=O) groups excluding carboxylic acids is 2. The van der Waals surface area contributed by atoms with Crippen molar-refractivity contribution in [2.45, 2.75) is 6.42 Å². The molecule has 0 aromatic carbocycles. The zero-order valence-corrected chi connectivity index (χ0v) is 8.90. The molecule has 0 spiro atoms. The van der Waals surface area contributed by atoms with Crippen molar-refractivity contribution in [3.8, 4) is 0 Å². The van der Waals surface area contributed by atoms with E-state index in [1.54, 1.807) is 5.12 Å². The molecule has 16 heavy (non-hydrogen) atoms. The molecule has 8 nitrogen and oxygen atoms in total. The van der Waals surface area contributed by atoms with E-state index in [0.29, 0.717) is 0 Å². The third-order valence-corrected chi connectivity index (χ3v) is 1.65. The van der Waals surface area contributed by atoms with Crippen LogP contribution in [0.5, 0.6) is 0 Å². The fraction of sp³-hybridized carbons (Fsp3) is 0.500. The lowest BCUT2D eigenvalue weighted by atomic mass is 10.3. The van der Waals surface area contributed by atoms with Gasteiger partial charge in [-0.2, -0.15) is 5.12 Å². The van der Waals surface area contributed by atoms with Gasteiger partial charge in [0.05, 0.1) is 6.61 Å². The number of nitrogens with two attached hydrogens (primary N) is 2. The van der Waals surface area contributed by atoms with Crippen molar-refractivity contribution in [3.63, 3.8) is 0 Å². The van der Waals surface area contributed by atoms with Gasteiger partial charge >= 0.3 is 6.03 Å². The highest BCUT2D eigenvalue weighted by atomic mass is 16.3. The van der Waals surface area contributed by atoms with Gasteiger partial charge < -0.3 is 16.6 Å². The van der Waals surface area contributed by atoms with Crippen LogP contribution in [0.2, 0.25) is 0 Å². The molecule has 0 radical (unpaired) electrons. The van der Waals surface area contributed by atoms with Crippen LogP contribution < -0.4 is 22.3 Å². The highest BCUT2D eigenvalue weighted by Crippen LogP contribution is 1.89. The van der Waals surface area contributed by atoms with Crippen molar-refractivity contribution in [2.75, 3.05) is 19.7 Å². The summed E-state index contributed by atoms with van der Waals surface area (Å²) in [6.07, 6.45) is 1.04. The number of aliphatic hydroxyl groups excluding tert-OH is 1. The Morgan fingerprint density at radius 1 is 1.50 bits per heavy atom. The summed E-state index contributed by atoms with van der Waals surface area (Å²) in [4.78, 5) is 20.1. The maximum atomic E-state index is 10.2. The number of nitrogens with one attached hydrogen (secondary N) is 2. The van der Waals surface area contributed by atoms with Crippen LogP contribution in [0.25, 0.3) is 0 Å². The SMILES string of the molecule is C=C(CO)C(N)=O.NC(=O)NN1CCCN1. The lowest BCUT2D eigenvalue weighted by molar-refractivity contribution is -0.114. The van der Waals surface area contributed by atoms with Gasteiger partial charge in [0.15, 0.2) is 0 Å². The second kappa shape index (κ2) is 7.63. The van der Waals surface area contributed by atoms with Gasteiger partial charge in [-0.15, -0.1) is 0 Å². The summed E-state index contributed by atoms with van der Waals surface area (Å²) in [7, 11) is 0. The predicted molar refractivity (Wildman–Crippen MR) is 57.5 cm³/mol. The third-order valence-electron chi connectivity index (χ3n) is 1.65. The Morgan fingerprint density at radius 3 is 2.38 bits per heavy atom. The molecule has 1 rings (SSSR count). The van der Waals surface area contributed by atoms with Crippen molar-refractivity contribution in [3.05, 3.63) is 12.2 Å². The van der Waals surface area contributed by atoms with E-state index in [-0.39, 0.29) is 12.2 Å². The molecule has 1 aliphatic rings. The summed E-state index contributed by atoms with van der Waals surface area (Å²) in [5.74, 6) is -0.650. The average molecular weight is 231 g/mol. The molecule has 8 heteroatoms. The Morgan fingerprint density at radius 2 is 2.12 bits per heavy atom. The predicted octanol–water partition coefficient (Wildman–Crippen LogP) is -2.20. The summed E-state index contributed by atoms with van der Waals surface area (Å²) in [5.41, 5.74) is 14.8. The van der Waals surface area contributed by atoms with Crippen molar-refractivity contribution < 1.29 is 14.7 Å². The number of hydrogen-bond acceptors (Lipinski definition) is 5. The molecule has 92 valence electrons. The van der Waals surface area contributed by atoms with E-state index in [1.807, 2.05) is 0 Å². The van der Waals surface area contributed by atoms with Crippen LogP contribution in [-0.4, -0.2) is 41.9 Å². The van der Waals surface area contributed by atoms with Crippen molar-refractivity contribution in [1.82, 2.24) is 16.0 Å². The average Bonchev–Trinajstić information content (AvgIpc) is 2.69. The maximum absolute atomic E-state index is 10.2. The van der Waals surface area contributed by atoms with Gasteiger partial charge in [-0.1, -0.05) is 6.58 Å². The minimum atomic E-state index is -0.650. The number of primary amides is 2. The molecule has 0 aromatic heterocycles. The molecule has 0 saturated carbocycles. The number of urea groups is 1. The van der Waals surface area contributed by atoms with Crippen molar-refractivity contribution >= 4 is 11.9 Å². The number of carbonyl (C=O) groups is 2. The summed E-state index contributed by atoms with van der Waals surface area (Å²) in [6.45, 7) is 4.52. The van der Waals surface area contributed by atoms with Crippen LogP contribution in [0, 0.1) is 0 Å². The van der Waals surface area contributed by atoms with Gasteiger partial charge in [-0.3, -0.25) is 10.2 Å². The van der Waals surface area contributed by atoms with Crippen LogP contribution >= 0.6 is 0 Å². The first-order chi connectivity index (χ1) is 7.47. The first-order valence-electron chi connectivity index (χ1n) is 4.63. The topological polar surface area (TPSA) is 134 Å². The van der Waals surface area contributed by atoms with Gasteiger partial charge in [-0.05, 0) is 6.42 Å². The highest BCUT2D eigenvalue weighted by Gasteiger charge is 2.10. The van der Waals surface area contributed by atoms with Gasteiger partial charge in [0, 0.05) is 18.7 Å². The van der Waals surface area contributed by atoms with E-state index in [0.717, 1.165) is 19.5 Å². The Balaban J connectivity index is 0.000000293. The van der Waals surface area contributed by atoms with E-state index >= 15 is 0 Å². The molecular formula is C8H17N5O3. The second-order valence-electron chi connectivity index (χ2n) is 3.02. The summed E-state index contributed by atoms with van der Waals surface area (Å²) in [5, 5.41) is 9.69. The Hall–Kier alpha value is -1.64. The number of hydrazine groups is 2. The molecule has 7 N–H and O–H groups in total. The molecule has 0 aliphatic carbocycles. The fourth-order valence-electron chi connectivity index (χ4n) is 0.837. The summed E-state index contributed by atoms with van der Waals surface area (Å²) in [6, 6.07) is -0.524. The minimum Gasteiger partial charge on any atom is -0.391 e. The molecule has 1 saturated heterocycles. The van der Waals surface area contributed by atoms with Crippen LogP contribution in [0.15, 0.2) is 12.2 Å². The van der Waals surface area contributed by atoms with E-state index in [4.69, 9.17) is 10.8 Å². The van der Waals surface area contributed by atoms with E-state index < -0.39 is 11.9 Å². The molecule has 0 bridgehead atoms. The Kier molecular flexibility index (Phi) is 6.84. The van der Waals surface area contributed by atoms with Gasteiger partial charge in [0.1, 0.15) is 0 Å². The first-order valence-corrected chi connectivity index (χ1v) is 4.63. The normalized spacial score (nSPS) is 14.8. The van der Waals surface area contributed by atoms with Crippen LogP contribution in [-0.2, 0) is 4.79 Å². The van der Waals surface area contributed by atoms with Crippen molar-refractivity contribution in [1.29, 1.82) is 0 Å². The van der Waals surface area contributed by atoms with Gasteiger partial charge in [-0.25, -0.2) is 10.2 Å². The lowest BCUT2D eigenvalue weighted by Gasteiger charge is -2.13. The number of amides is 3. The Labute approximate surface area is 93.2 Å². The summed E-state index contributed by atoms with van der Waals surface area (Å²) < 4.78 is 0. The van der Waals surface area contributed by atoms with E-state index in [9.17, 15) is 9.59 Å². The number of aliphatic hydroxyl groups is 1. The molecule has 0 atom stereocenters. The van der Waals surface area contributed by atoms with E-state index in [1.165, 1.54) is 0 Å². The second-order valence-corrected chi connectivity index (χ2v) is 3.02. The molecular weight excluding hydrogens is 214 g/mol. The number of hydrogen-bond donors (Lipinski definition) is 5. The highest BCUT2D eigenvalue weighted by molar-refractivity contribution is 5.91. The zero-order chi connectivity index (χ0) is 12.6. The molecule has 3 amide bonds. The largest absolute Gasteiger partial charge is 0.391 e. The van der Waals surface area contributed by atoms with Crippen LogP contribution in [0.4, 0.5) is 4.79 Å². The van der Waals surface area contributed by atoms with E-state index in [2.05, 4.69) is 23.2 Å². The maximum Gasteiger partial charge on any atom is 0.327 e. The number of rotatable bonds is 3. The quantitative estimate of drug-likeness (QED) is 0.351. The first kappa shape index (κ1) is 14.4. The molecule has 1 heterocycles. The van der Waals surface area contributed by atoms with Gasteiger partial charge in [0.2, 0.25) is 5.91 Å². The molecule has 1 aliphatic heterocycles. The van der Waals surface area contributed by atoms with Crippen LogP contribution in [0.3, 0.4) is 0 Å². The lowest BCUT2D eigenvalue weighted by Crippen LogP contribution is -2.48. The molecule has 0 unspecified atom stereocenters. The minimum absolute atomic E-state index is 0.0417.